The van der Waals surface area contributed by atoms with Crippen LogP contribution in [0.2, 0.25) is 0 Å². The Bertz CT molecular complexity index is 722. The SMILES string of the molecule is CN=C(NCCNC(=O)c1cccc(OC)c1)NCC(C)c1ccsc1.I. The molecule has 148 valence electrons. The van der Waals surface area contributed by atoms with Crippen molar-refractivity contribution in [2.75, 3.05) is 33.8 Å². The maximum Gasteiger partial charge on any atom is 0.251 e. The van der Waals surface area contributed by atoms with Crippen molar-refractivity contribution in [3.63, 3.8) is 0 Å². The van der Waals surface area contributed by atoms with Crippen LogP contribution >= 0.6 is 35.3 Å². The van der Waals surface area contributed by atoms with E-state index in [0.717, 1.165) is 12.5 Å². The molecule has 0 aliphatic carbocycles. The molecule has 3 N–H and O–H groups in total. The Morgan fingerprint density at radius 3 is 2.67 bits per heavy atom. The smallest absolute Gasteiger partial charge is 0.251 e. The first-order valence-electron chi connectivity index (χ1n) is 8.53. The second-order valence-corrected chi connectivity index (χ2v) is 6.61. The molecule has 6 nitrogen and oxygen atoms in total. The zero-order valence-corrected chi connectivity index (χ0v) is 19.0. The summed E-state index contributed by atoms with van der Waals surface area (Å²) < 4.78 is 5.13. The van der Waals surface area contributed by atoms with E-state index < -0.39 is 0 Å². The fourth-order valence-corrected chi connectivity index (χ4v) is 3.15. The molecule has 1 atom stereocenters. The number of benzene rings is 1. The van der Waals surface area contributed by atoms with E-state index in [4.69, 9.17) is 4.74 Å². The highest BCUT2D eigenvalue weighted by Gasteiger charge is 2.08. The molecule has 0 spiro atoms. The van der Waals surface area contributed by atoms with Crippen molar-refractivity contribution in [2.45, 2.75) is 12.8 Å². The third kappa shape index (κ3) is 7.76. The average Bonchev–Trinajstić information content (AvgIpc) is 3.22. The Morgan fingerprint density at radius 2 is 2.00 bits per heavy atom. The van der Waals surface area contributed by atoms with Gasteiger partial charge in [-0.15, -0.1) is 24.0 Å². The van der Waals surface area contributed by atoms with Crippen LogP contribution in [0.3, 0.4) is 0 Å². The number of ether oxygens (including phenoxy) is 1. The molecule has 0 saturated heterocycles. The number of thiophene rings is 1. The summed E-state index contributed by atoms with van der Waals surface area (Å²) in [7, 11) is 3.32. The summed E-state index contributed by atoms with van der Waals surface area (Å²) in [5.41, 5.74) is 1.90. The van der Waals surface area contributed by atoms with Gasteiger partial charge in [-0.2, -0.15) is 11.3 Å². The van der Waals surface area contributed by atoms with E-state index in [-0.39, 0.29) is 29.9 Å². The minimum Gasteiger partial charge on any atom is -0.497 e. The Hall–Kier alpha value is -1.81. The summed E-state index contributed by atoms with van der Waals surface area (Å²) in [5, 5.41) is 13.6. The molecule has 1 heterocycles. The van der Waals surface area contributed by atoms with E-state index in [1.54, 1.807) is 43.7 Å². The first-order chi connectivity index (χ1) is 12.6. The van der Waals surface area contributed by atoms with E-state index >= 15 is 0 Å². The van der Waals surface area contributed by atoms with E-state index in [0.29, 0.717) is 30.3 Å². The van der Waals surface area contributed by atoms with Gasteiger partial charge in [-0.25, -0.2) is 0 Å². The van der Waals surface area contributed by atoms with E-state index in [1.807, 2.05) is 6.07 Å². The molecule has 1 aromatic carbocycles. The number of hydrogen-bond acceptors (Lipinski definition) is 4. The maximum atomic E-state index is 12.1. The van der Waals surface area contributed by atoms with Gasteiger partial charge in [-0.05, 0) is 46.5 Å². The summed E-state index contributed by atoms with van der Waals surface area (Å²) in [5.74, 6) is 1.68. The number of carbonyl (C=O) groups excluding carboxylic acids is 1. The zero-order valence-electron chi connectivity index (χ0n) is 15.8. The molecule has 1 amide bonds. The largest absolute Gasteiger partial charge is 0.497 e. The number of rotatable bonds is 8. The summed E-state index contributed by atoms with van der Waals surface area (Å²) in [6, 6.07) is 9.23. The fraction of sp³-hybridized carbons (Fsp3) is 0.368. The third-order valence-corrected chi connectivity index (χ3v) is 4.65. The number of nitrogens with one attached hydrogen (secondary N) is 3. The van der Waals surface area contributed by atoms with Gasteiger partial charge in [-0.3, -0.25) is 9.79 Å². The predicted molar refractivity (Wildman–Crippen MR) is 123 cm³/mol. The fourth-order valence-electron chi connectivity index (χ4n) is 2.37. The monoisotopic (exact) mass is 502 g/mol. The molecule has 1 unspecified atom stereocenters. The van der Waals surface area contributed by atoms with E-state index in [9.17, 15) is 4.79 Å². The Kier molecular flexibility index (Phi) is 10.8. The number of nitrogens with zero attached hydrogens (tertiary/aromatic N) is 1. The Morgan fingerprint density at radius 1 is 1.22 bits per heavy atom. The molecule has 0 fully saturated rings. The minimum atomic E-state index is -0.125. The molecule has 0 bridgehead atoms. The number of aliphatic imine (C=N–C) groups is 1. The van der Waals surface area contributed by atoms with Crippen LogP contribution in [0.15, 0.2) is 46.1 Å². The Balaban J connectivity index is 0.00000364. The summed E-state index contributed by atoms with van der Waals surface area (Å²) in [4.78, 5) is 16.3. The number of carbonyl (C=O) groups is 1. The highest BCUT2D eigenvalue weighted by Crippen LogP contribution is 2.17. The highest BCUT2D eigenvalue weighted by molar-refractivity contribution is 14.0. The molecule has 2 rings (SSSR count). The van der Waals surface area contributed by atoms with Gasteiger partial charge >= 0.3 is 0 Å². The molecule has 0 aliphatic rings. The number of hydrogen-bond donors (Lipinski definition) is 3. The number of amides is 1. The molecular weight excluding hydrogens is 475 g/mol. The molecular formula is C19H27IN4O2S. The standard InChI is InChI=1S/C19H26N4O2S.HI/c1-14(16-7-10-26-13-16)12-23-19(20-2)22-9-8-21-18(24)15-5-4-6-17(11-15)25-3;/h4-7,10-11,13-14H,8-9,12H2,1-3H3,(H,21,24)(H2,20,22,23);1H. The first-order valence-corrected chi connectivity index (χ1v) is 9.47. The maximum absolute atomic E-state index is 12.1. The predicted octanol–water partition coefficient (Wildman–Crippen LogP) is 3.07. The van der Waals surface area contributed by atoms with E-state index in [2.05, 4.69) is 44.7 Å². The minimum absolute atomic E-state index is 0. The van der Waals surface area contributed by atoms with Gasteiger partial charge in [0.1, 0.15) is 5.75 Å². The Labute approximate surface area is 181 Å². The van der Waals surface area contributed by atoms with Crippen LogP contribution in [0.5, 0.6) is 5.75 Å². The third-order valence-electron chi connectivity index (χ3n) is 3.95. The first kappa shape index (κ1) is 23.2. The van der Waals surface area contributed by atoms with Gasteiger partial charge in [0.15, 0.2) is 5.96 Å². The van der Waals surface area contributed by atoms with Gasteiger partial charge in [0.05, 0.1) is 7.11 Å². The molecule has 2 aromatic rings. The number of guanidine groups is 1. The van der Waals surface area contributed by atoms with Crippen LogP contribution in [0, 0.1) is 0 Å². The number of methoxy groups -OCH3 is 1. The topological polar surface area (TPSA) is 74.8 Å². The summed E-state index contributed by atoms with van der Waals surface area (Å²) in [6.07, 6.45) is 0. The lowest BCUT2D eigenvalue weighted by Gasteiger charge is -2.15. The van der Waals surface area contributed by atoms with Gasteiger partial charge < -0.3 is 20.7 Å². The molecule has 1 aromatic heterocycles. The molecule has 8 heteroatoms. The van der Waals surface area contributed by atoms with Crippen molar-refractivity contribution in [3.05, 3.63) is 52.2 Å². The van der Waals surface area contributed by atoms with Crippen molar-refractivity contribution >= 4 is 47.2 Å². The van der Waals surface area contributed by atoms with E-state index in [1.165, 1.54) is 5.56 Å². The van der Waals surface area contributed by atoms with Crippen LogP contribution in [0.1, 0.15) is 28.8 Å². The van der Waals surface area contributed by atoms with Crippen LogP contribution in [0.25, 0.3) is 0 Å². The molecule has 0 radical (unpaired) electrons. The summed E-state index contributed by atoms with van der Waals surface area (Å²) in [6.45, 7) is 4.06. The molecule has 0 saturated carbocycles. The lowest BCUT2D eigenvalue weighted by atomic mass is 10.1. The number of halogens is 1. The van der Waals surface area contributed by atoms with Crippen LogP contribution < -0.4 is 20.7 Å². The normalized spacial score (nSPS) is 11.9. The van der Waals surface area contributed by atoms with Gasteiger partial charge in [0, 0.05) is 32.2 Å². The average molecular weight is 502 g/mol. The second-order valence-electron chi connectivity index (χ2n) is 5.83. The molecule has 0 aliphatic heterocycles. The van der Waals surface area contributed by atoms with Crippen LogP contribution in [-0.2, 0) is 0 Å². The van der Waals surface area contributed by atoms with Crippen molar-refractivity contribution in [2.24, 2.45) is 4.99 Å². The van der Waals surface area contributed by atoms with Crippen LogP contribution in [0.4, 0.5) is 0 Å². The zero-order chi connectivity index (χ0) is 18.8. The lowest BCUT2D eigenvalue weighted by Crippen LogP contribution is -2.42. The van der Waals surface area contributed by atoms with Gasteiger partial charge in [0.25, 0.3) is 5.91 Å². The van der Waals surface area contributed by atoms with Crippen LogP contribution in [-0.4, -0.2) is 45.7 Å². The highest BCUT2D eigenvalue weighted by atomic mass is 127. The molecule has 27 heavy (non-hydrogen) atoms. The van der Waals surface area contributed by atoms with Gasteiger partial charge in [0.2, 0.25) is 0 Å². The van der Waals surface area contributed by atoms with Crippen molar-refractivity contribution in [1.82, 2.24) is 16.0 Å². The lowest BCUT2D eigenvalue weighted by molar-refractivity contribution is 0.0954. The van der Waals surface area contributed by atoms with Crippen molar-refractivity contribution in [3.8, 4) is 5.75 Å². The van der Waals surface area contributed by atoms with Crippen molar-refractivity contribution < 1.29 is 9.53 Å². The van der Waals surface area contributed by atoms with Crippen molar-refractivity contribution in [1.29, 1.82) is 0 Å². The second kappa shape index (κ2) is 12.6. The quantitative estimate of drug-likeness (QED) is 0.225. The summed E-state index contributed by atoms with van der Waals surface area (Å²) >= 11 is 1.71. The van der Waals surface area contributed by atoms with Gasteiger partial charge in [-0.1, -0.05) is 13.0 Å².